The van der Waals surface area contributed by atoms with Gasteiger partial charge in [0.15, 0.2) is 11.5 Å². The minimum Gasteiger partial charge on any atom is -0.467 e. The lowest BCUT2D eigenvalue weighted by molar-refractivity contribution is -0.290. The molecule has 4 N–H and O–H groups in total. The average molecular weight is 652 g/mol. The highest BCUT2D eigenvalue weighted by atomic mass is 32.2. The molecule has 2 heterocycles. The van der Waals surface area contributed by atoms with Gasteiger partial charge in [0.25, 0.3) is 0 Å². The number of aliphatic hydroxyl groups is 2. The van der Waals surface area contributed by atoms with E-state index >= 15 is 0 Å². The number of allylic oxidation sites excluding steroid dienone is 3. The lowest BCUT2D eigenvalue weighted by Gasteiger charge is -2.67. The Kier molecular flexibility index (Phi) is 8.79. The zero-order valence-corrected chi connectivity index (χ0v) is 27.0. The van der Waals surface area contributed by atoms with Crippen LogP contribution in [0, 0.1) is 28.6 Å². The maximum absolute atomic E-state index is 13.7. The quantitative estimate of drug-likeness (QED) is 0.187. The number of esters is 4. The van der Waals surface area contributed by atoms with Crippen LogP contribution in [0.4, 0.5) is 0 Å². The van der Waals surface area contributed by atoms with Crippen molar-refractivity contribution in [1.29, 1.82) is 0 Å². The number of carbonyl (C=O) groups excluding carboxylic acids is 5. The summed E-state index contributed by atoms with van der Waals surface area (Å²) in [6.07, 6.45) is -2.91. The van der Waals surface area contributed by atoms with Gasteiger partial charge < -0.3 is 39.6 Å². The van der Waals surface area contributed by atoms with Crippen LogP contribution >= 0.6 is 11.8 Å². The zero-order valence-electron chi connectivity index (χ0n) is 26.2. The minimum absolute atomic E-state index is 0.117. The molecule has 0 aromatic rings. The Hall–Kier alpha value is -2.78. The highest BCUT2D eigenvalue weighted by Crippen LogP contribution is 2.72. The van der Waals surface area contributed by atoms with Gasteiger partial charge in [-0.3, -0.25) is 4.79 Å². The van der Waals surface area contributed by atoms with Gasteiger partial charge in [-0.15, -0.1) is 0 Å². The SMILES string of the molecule is COC(=O)[C@@]12OC[C@]34C([C@@H](O)[C@@H]1O)[C@@]1(C)CC(=O)C(OC(=O)[C@@H](N)CCSC)=C(C)[C@@H]1C[C@H]3OC(=O)[C@H](OC(=O)C=C(C)C)[C@@H]24. The molecule has 3 aliphatic carbocycles. The third-order valence-electron chi connectivity index (χ3n) is 10.6. The number of aliphatic hydroxyl groups excluding tert-OH is 2. The first kappa shape index (κ1) is 33.6. The van der Waals surface area contributed by atoms with E-state index in [2.05, 4.69) is 0 Å². The molecule has 5 rings (SSSR count). The molecule has 4 fully saturated rings. The lowest BCUT2D eigenvalue weighted by Crippen LogP contribution is -2.79. The molecule has 13 nitrogen and oxygen atoms in total. The number of carbonyl (C=O) groups is 5. The molecule has 2 bridgehead atoms. The minimum atomic E-state index is -2.27. The number of methoxy groups -OCH3 is 1. The number of ether oxygens (including phenoxy) is 5. The van der Waals surface area contributed by atoms with Crippen LogP contribution in [0.2, 0.25) is 0 Å². The van der Waals surface area contributed by atoms with Crippen molar-refractivity contribution in [2.75, 3.05) is 25.7 Å². The van der Waals surface area contributed by atoms with E-state index in [-0.39, 0.29) is 25.2 Å². The molecule has 14 heteroatoms. The number of Topliss-reactive ketones (excluding diaryl/α,β-unsaturated/α-hetero) is 1. The predicted octanol–water partition coefficient (Wildman–Crippen LogP) is 0.583. The normalized spacial score (nSPS) is 40.4. The molecule has 0 aromatic heterocycles. The van der Waals surface area contributed by atoms with Crippen molar-refractivity contribution in [3.63, 3.8) is 0 Å². The van der Waals surface area contributed by atoms with Crippen LogP contribution in [0.3, 0.4) is 0 Å². The summed E-state index contributed by atoms with van der Waals surface area (Å²) in [6.45, 7) is 6.50. The Labute approximate surface area is 265 Å². The summed E-state index contributed by atoms with van der Waals surface area (Å²) in [5, 5.41) is 23.6. The Morgan fingerprint density at radius 3 is 2.51 bits per heavy atom. The second kappa shape index (κ2) is 11.8. The molecule has 0 aromatic carbocycles. The topological polar surface area (TPSA) is 198 Å². The van der Waals surface area contributed by atoms with E-state index in [0.717, 1.165) is 7.11 Å². The van der Waals surface area contributed by atoms with Crippen LogP contribution in [0.5, 0.6) is 0 Å². The van der Waals surface area contributed by atoms with Crippen LogP contribution in [-0.4, -0.2) is 102 Å². The summed E-state index contributed by atoms with van der Waals surface area (Å²) >= 11 is 1.52. The maximum atomic E-state index is 13.7. The first-order valence-electron chi connectivity index (χ1n) is 15.0. The van der Waals surface area contributed by atoms with Gasteiger partial charge in [0.05, 0.1) is 25.7 Å². The molecule has 0 radical (unpaired) electrons. The van der Waals surface area contributed by atoms with Crippen molar-refractivity contribution in [3.8, 4) is 0 Å². The molecule has 1 spiro atoms. The van der Waals surface area contributed by atoms with Crippen molar-refractivity contribution in [2.45, 2.75) is 83.0 Å². The third kappa shape index (κ3) is 4.78. The monoisotopic (exact) mass is 651 g/mol. The van der Waals surface area contributed by atoms with Gasteiger partial charge in [-0.1, -0.05) is 12.5 Å². The standard InChI is InChI=1S/C31H41NO12S/c1-13(2)9-19(34)43-22-24-30-12-41-31(24,28(39)40-5)25(36)20(35)23(30)29(4)11-17(33)21(44-26(37)16(32)7-8-45-6)14(3)15(29)10-18(30)42-27(22)38/h9,15-16,18,20,22-25,35-36H,7-8,10-12,32H2,1-6H3/t15-,16-,18+,20+,22+,23?,24+,25-,29-,30+,31-/m0/s1. The molecule has 2 aliphatic heterocycles. The van der Waals surface area contributed by atoms with Crippen LogP contribution < -0.4 is 5.73 Å². The molecular formula is C31H41NO12S. The zero-order chi connectivity index (χ0) is 33.2. The van der Waals surface area contributed by atoms with E-state index in [1.807, 2.05) is 6.26 Å². The second-order valence-electron chi connectivity index (χ2n) is 13.3. The van der Waals surface area contributed by atoms with E-state index in [1.54, 1.807) is 27.7 Å². The van der Waals surface area contributed by atoms with E-state index in [1.165, 1.54) is 17.8 Å². The van der Waals surface area contributed by atoms with Crippen molar-refractivity contribution in [2.24, 2.45) is 34.3 Å². The summed E-state index contributed by atoms with van der Waals surface area (Å²) in [7, 11) is 1.08. The van der Waals surface area contributed by atoms with Crippen LogP contribution in [0.1, 0.15) is 47.0 Å². The number of thioether (sulfide) groups is 1. The Bertz CT molecular complexity index is 1370. The summed E-state index contributed by atoms with van der Waals surface area (Å²) in [5.74, 6) is -6.46. The highest BCUT2D eigenvalue weighted by Gasteiger charge is 2.85. The highest BCUT2D eigenvalue weighted by molar-refractivity contribution is 7.98. The Balaban J connectivity index is 1.63. The van der Waals surface area contributed by atoms with Gasteiger partial charge >= 0.3 is 23.9 Å². The molecule has 2 saturated carbocycles. The van der Waals surface area contributed by atoms with Gasteiger partial charge in [-0.05, 0) is 62.5 Å². The number of fused-ring (bicyclic) bond motifs is 2. The molecule has 45 heavy (non-hydrogen) atoms. The van der Waals surface area contributed by atoms with E-state index in [9.17, 15) is 34.2 Å². The molecular weight excluding hydrogens is 610 g/mol. The van der Waals surface area contributed by atoms with Gasteiger partial charge in [0, 0.05) is 23.8 Å². The number of hydrogen-bond donors (Lipinski definition) is 3. The third-order valence-corrected chi connectivity index (χ3v) is 11.2. The number of nitrogens with two attached hydrogens (primary N) is 1. The number of ketones is 1. The van der Waals surface area contributed by atoms with Crippen LogP contribution in [0.25, 0.3) is 0 Å². The summed E-state index contributed by atoms with van der Waals surface area (Å²) in [5.41, 5.74) is 2.29. The molecule has 11 atom stereocenters. The fourth-order valence-electron chi connectivity index (χ4n) is 8.92. The first-order chi connectivity index (χ1) is 21.1. The molecule has 248 valence electrons. The van der Waals surface area contributed by atoms with Crippen LogP contribution in [-0.2, 0) is 47.7 Å². The van der Waals surface area contributed by atoms with Crippen LogP contribution in [0.15, 0.2) is 23.0 Å². The maximum Gasteiger partial charge on any atom is 0.348 e. The van der Waals surface area contributed by atoms with E-state index in [0.29, 0.717) is 23.3 Å². The Morgan fingerprint density at radius 1 is 1.20 bits per heavy atom. The average Bonchev–Trinajstić information content (AvgIpc) is 3.28. The number of rotatable bonds is 8. The Morgan fingerprint density at radius 2 is 1.89 bits per heavy atom. The molecule has 1 unspecified atom stereocenters. The lowest BCUT2D eigenvalue weighted by atomic mass is 9.38. The molecule has 2 saturated heterocycles. The summed E-state index contributed by atoms with van der Waals surface area (Å²) < 4.78 is 28.4. The van der Waals surface area contributed by atoms with Gasteiger partial charge in [0.1, 0.15) is 18.2 Å². The van der Waals surface area contributed by atoms with E-state index in [4.69, 9.17) is 29.4 Å². The fraction of sp³-hybridized carbons (Fsp3) is 0.710. The summed E-state index contributed by atoms with van der Waals surface area (Å²) in [6, 6.07) is -0.933. The summed E-state index contributed by atoms with van der Waals surface area (Å²) in [4.78, 5) is 66.5. The van der Waals surface area contributed by atoms with Gasteiger partial charge in [-0.2, -0.15) is 11.8 Å². The molecule has 0 amide bonds. The van der Waals surface area contributed by atoms with Crippen molar-refractivity contribution >= 4 is 41.4 Å². The number of hydrogen-bond acceptors (Lipinski definition) is 14. The van der Waals surface area contributed by atoms with Gasteiger partial charge in [0.2, 0.25) is 11.7 Å². The van der Waals surface area contributed by atoms with E-state index < -0.39 is 94.3 Å². The largest absolute Gasteiger partial charge is 0.467 e. The second-order valence-corrected chi connectivity index (χ2v) is 14.3. The first-order valence-corrected chi connectivity index (χ1v) is 16.4. The van der Waals surface area contributed by atoms with Gasteiger partial charge in [-0.25, -0.2) is 19.2 Å². The van der Waals surface area contributed by atoms with Crippen molar-refractivity contribution < 1.29 is 57.9 Å². The molecule has 5 aliphatic rings. The predicted molar refractivity (Wildman–Crippen MR) is 157 cm³/mol. The fourth-order valence-corrected chi connectivity index (χ4v) is 9.41. The van der Waals surface area contributed by atoms with Crippen molar-refractivity contribution in [1.82, 2.24) is 0 Å². The van der Waals surface area contributed by atoms with Crippen molar-refractivity contribution in [3.05, 3.63) is 23.0 Å². The smallest absolute Gasteiger partial charge is 0.348 e.